The van der Waals surface area contributed by atoms with Gasteiger partial charge in [0.05, 0.1) is 11.3 Å². The third-order valence-corrected chi connectivity index (χ3v) is 8.53. The fourth-order valence-electron chi connectivity index (χ4n) is 4.15. The first-order chi connectivity index (χ1) is 13.9. The predicted molar refractivity (Wildman–Crippen MR) is 114 cm³/mol. The molecule has 0 spiro atoms. The summed E-state index contributed by atoms with van der Waals surface area (Å²) in [7, 11) is -3.20. The highest BCUT2D eigenvalue weighted by atomic mass is 32.2. The molecular formula is C19H22N6O2S2. The molecule has 0 amide bonds. The number of aromatic nitrogens is 5. The zero-order valence-corrected chi connectivity index (χ0v) is 18.2. The molecule has 1 atom stereocenters. The topological polar surface area (TPSA) is 93.4 Å². The number of rotatable bonds is 3. The molecule has 8 nitrogen and oxygen atoms in total. The third-order valence-electron chi connectivity index (χ3n) is 5.62. The molecule has 0 aliphatic carbocycles. The zero-order valence-electron chi connectivity index (χ0n) is 16.6. The van der Waals surface area contributed by atoms with Crippen molar-refractivity contribution in [1.29, 1.82) is 0 Å². The molecular weight excluding hydrogens is 408 g/mol. The maximum atomic E-state index is 12.3. The van der Waals surface area contributed by atoms with Crippen LogP contribution in [-0.2, 0) is 10.0 Å². The van der Waals surface area contributed by atoms with Gasteiger partial charge in [0.1, 0.15) is 15.9 Å². The number of fused-ring (bicyclic) bond motifs is 5. The van der Waals surface area contributed by atoms with Gasteiger partial charge in [-0.2, -0.15) is 0 Å². The normalized spacial score (nSPS) is 18.9. The summed E-state index contributed by atoms with van der Waals surface area (Å²) < 4.78 is 28.9. The Balaban J connectivity index is 1.62. The number of aryl methyl sites for hydroxylation is 2. The summed E-state index contributed by atoms with van der Waals surface area (Å²) in [5, 5.41) is 5.72. The fraction of sp³-hybridized carbons (Fsp3) is 0.474. The molecule has 1 saturated heterocycles. The van der Waals surface area contributed by atoms with E-state index in [0.717, 1.165) is 50.2 Å². The van der Waals surface area contributed by atoms with Crippen LogP contribution in [0.5, 0.6) is 0 Å². The molecule has 5 heterocycles. The largest absolute Gasteiger partial charge is 0.242 e. The van der Waals surface area contributed by atoms with E-state index < -0.39 is 10.0 Å². The maximum Gasteiger partial charge on any atom is 0.213 e. The fourth-order valence-corrected chi connectivity index (χ4v) is 6.55. The third kappa shape index (κ3) is 3.01. The quantitative estimate of drug-likeness (QED) is 0.496. The summed E-state index contributed by atoms with van der Waals surface area (Å²) in [6, 6.07) is 2.07. The van der Waals surface area contributed by atoms with Gasteiger partial charge in [-0.25, -0.2) is 32.2 Å². The monoisotopic (exact) mass is 430 g/mol. The summed E-state index contributed by atoms with van der Waals surface area (Å²) in [6.45, 7) is 6.77. The van der Waals surface area contributed by atoms with Gasteiger partial charge in [-0.1, -0.05) is 0 Å². The Morgan fingerprint density at radius 2 is 2.10 bits per heavy atom. The van der Waals surface area contributed by atoms with Crippen molar-refractivity contribution in [3.8, 4) is 0 Å². The summed E-state index contributed by atoms with van der Waals surface area (Å²) in [4.78, 5) is 15.1. The van der Waals surface area contributed by atoms with Crippen molar-refractivity contribution in [2.75, 3.05) is 18.8 Å². The molecule has 10 heteroatoms. The molecule has 5 rings (SSSR count). The van der Waals surface area contributed by atoms with E-state index in [4.69, 9.17) is 4.98 Å². The van der Waals surface area contributed by atoms with Gasteiger partial charge >= 0.3 is 0 Å². The van der Waals surface area contributed by atoms with E-state index in [-0.39, 0.29) is 11.7 Å². The first-order valence-corrected chi connectivity index (χ1v) is 12.2. The van der Waals surface area contributed by atoms with E-state index in [1.165, 1.54) is 0 Å². The van der Waals surface area contributed by atoms with E-state index in [2.05, 4.69) is 28.1 Å². The smallest absolute Gasteiger partial charge is 0.213 e. The van der Waals surface area contributed by atoms with Crippen molar-refractivity contribution in [3.63, 3.8) is 0 Å². The number of sulfonamides is 1. The van der Waals surface area contributed by atoms with Gasteiger partial charge in [-0.3, -0.25) is 0 Å². The van der Waals surface area contributed by atoms with Gasteiger partial charge in [-0.05, 0) is 45.2 Å². The van der Waals surface area contributed by atoms with Gasteiger partial charge in [0.15, 0.2) is 11.5 Å². The molecule has 1 fully saturated rings. The van der Waals surface area contributed by atoms with Gasteiger partial charge in [0.2, 0.25) is 10.0 Å². The Bertz CT molecular complexity index is 1360. The molecule has 0 N–H and O–H groups in total. The second-order valence-electron chi connectivity index (χ2n) is 7.62. The lowest BCUT2D eigenvalue weighted by Gasteiger charge is -2.30. The number of piperidine rings is 1. The van der Waals surface area contributed by atoms with Crippen LogP contribution in [0.2, 0.25) is 0 Å². The van der Waals surface area contributed by atoms with Gasteiger partial charge in [0, 0.05) is 30.1 Å². The molecule has 29 heavy (non-hydrogen) atoms. The number of hydrogen-bond donors (Lipinski definition) is 0. The Hall–Kier alpha value is -2.17. The van der Waals surface area contributed by atoms with E-state index in [1.807, 2.05) is 6.92 Å². The first-order valence-electron chi connectivity index (χ1n) is 9.77. The highest BCUT2D eigenvalue weighted by molar-refractivity contribution is 7.89. The highest BCUT2D eigenvalue weighted by Crippen LogP contribution is 2.36. The van der Waals surface area contributed by atoms with Gasteiger partial charge < -0.3 is 0 Å². The van der Waals surface area contributed by atoms with Gasteiger partial charge in [-0.15, -0.1) is 16.4 Å². The van der Waals surface area contributed by atoms with Crippen LogP contribution >= 0.6 is 11.3 Å². The average molecular weight is 431 g/mol. The lowest BCUT2D eigenvalue weighted by atomic mass is 9.99. The molecule has 1 unspecified atom stereocenters. The molecule has 4 aromatic rings. The average Bonchev–Trinajstić information content (AvgIpc) is 3.29. The highest BCUT2D eigenvalue weighted by Gasteiger charge is 2.31. The van der Waals surface area contributed by atoms with Crippen molar-refractivity contribution in [2.45, 2.75) is 39.5 Å². The Morgan fingerprint density at radius 1 is 1.28 bits per heavy atom. The molecule has 4 aromatic heterocycles. The van der Waals surface area contributed by atoms with Crippen molar-refractivity contribution in [1.82, 2.24) is 28.9 Å². The predicted octanol–water partition coefficient (Wildman–Crippen LogP) is 3.03. The lowest BCUT2D eigenvalue weighted by molar-refractivity contribution is 0.309. The van der Waals surface area contributed by atoms with E-state index in [0.29, 0.717) is 18.9 Å². The molecule has 0 aromatic carbocycles. The second-order valence-corrected chi connectivity index (χ2v) is 10.9. The van der Waals surface area contributed by atoms with Crippen LogP contribution < -0.4 is 0 Å². The maximum absolute atomic E-state index is 12.3. The van der Waals surface area contributed by atoms with E-state index >= 15 is 0 Å². The SMILES string of the molecule is CCS(=O)(=O)N1CCCC(c2nc3c4sc5nc(C)cc(C)c5c4ncn3n2)C1. The van der Waals surface area contributed by atoms with Crippen LogP contribution in [0.25, 0.3) is 26.1 Å². The minimum absolute atomic E-state index is 0.00323. The summed E-state index contributed by atoms with van der Waals surface area (Å²) in [5.41, 5.74) is 3.81. The van der Waals surface area contributed by atoms with Crippen molar-refractivity contribution in [2.24, 2.45) is 0 Å². The lowest BCUT2D eigenvalue weighted by Crippen LogP contribution is -2.40. The van der Waals surface area contributed by atoms with Crippen LogP contribution in [0, 0.1) is 13.8 Å². The molecule has 1 aliphatic rings. The molecule has 0 saturated carbocycles. The van der Waals surface area contributed by atoms with Crippen LogP contribution in [0.3, 0.4) is 0 Å². The number of hydrogen-bond acceptors (Lipinski definition) is 7. The van der Waals surface area contributed by atoms with Crippen molar-refractivity contribution >= 4 is 47.4 Å². The number of pyridine rings is 1. The Kier molecular flexibility index (Phi) is 4.34. The van der Waals surface area contributed by atoms with Crippen LogP contribution in [0.15, 0.2) is 12.4 Å². The van der Waals surface area contributed by atoms with E-state index in [1.54, 1.807) is 33.4 Å². The molecule has 152 valence electrons. The number of thiophene rings is 1. The van der Waals surface area contributed by atoms with Crippen LogP contribution in [0.1, 0.15) is 42.8 Å². The minimum Gasteiger partial charge on any atom is -0.242 e. The van der Waals surface area contributed by atoms with E-state index in [9.17, 15) is 8.42 Å². The van der Waals surface area contributed by atoms with Crippen LogP contribution in [-0.4, -0.2) is 56.1 Å². The summed E-state index contributed by atoms with van der Waals surface area (Å²) in [5.74, 6) is 0.807. The Labute approximate surface area is 172 Å². The van der Waals surface area contributed by atoms with Crippen molar-refractivity contribution < 1.29 is 8.42 Å². The zero-order chi connectivity index (χ0) is 20.3. The summed E-state index contributed by atoms with van der Waals surface area (Å²) >= 11 is 1.58. The molecule has 0 radical (unpaired) electrons. The summed E-state index contributed by atoms with van der Waals surface area (Å²) in [6.07, 6.45) is 3.40. The Morgan fingerprint density at radius 3 is 2.90 bits per heavy atom. The molecule has 0 bridgehead atoms. The van der Waals surface area contributed by atoms with Gasteiger partial charge in [0.25, 0.3) is 0 Å². The van der Waals surface area contributed by atoms with Crippen LogP contribution in [0.4, 0.5) is 0 Å². The first kappa shape index (κ1) is 18.8. The van der Waals surface area contributed by atoms with Crippen molar-refractivity contribution in [3.05, 3.63) is 29.5 Å². The number of nitrogens with zero attached hydrogens (tertiary/aromatic N) is 6. The minimum atomic E-state index is -3.20. The second kappa shape index (κ2) is 6.68. The molecule has 1 aliphatic heterocycles. The standard InChI is InChI=1S/C19H22N6O2S2/c1-4-29(26,27)24-7-5-6-13(9-24)17-22-18-16-15(20-10-25(18)23-17)14-11(2)8-12(3)21-19(14)28-16/h8,10,13H,4-7,9H2,1-3H3.